The summed E-state index contributed by atoms with van der Waals surface area (Å²) in [4.78, 5) is 27.8. The summed E-state index contributed by atoms with van der Waals surface area (Å²) >= 11 is 7.10. The molecule has 0 unspecified atom stereocenters. The molecule has 0 saturated carbocycles. The average Bonchev–Trinajstić information content (AvgIpc) is 3.02. The molecule has 1 aromatic heterocycles. The number of thioether (sulfide) groups is 1. The van der Waals surface area contributed by atoms with Crippen LogP contribution in [0.2, 0.25) is 5.02 Å². The van der Waals surface area contributed by atoms with Gasteiger partial charge in [0.25, 0.3) is 11.1 Å². The fraction of sp³-hybridized carbons (Fsp3) is 0.118. The summed E-state index contributed by atoms with van der Waals surface area (Å²) in [5.41, 5.74) is 2.42. The predicted octanol–water partition coefficient (Wildman–Crippen LogP) is 3.57. The third kappa shape index (κ3) is 4.32. The molecule has 0 atom stereocenters. The van der Waals surface area contributed by atoms with Crippen LogP contribution in [-0.2, 0) is 4.79 Å². The van der Waals surface area contributed by atoms with Crippen LogP contribution in [0.4, 0.5) is 5.69 Å². The number of oxazole rings is 1. The average molecular weight is 376 g/mol. The normalized spacial score (nSPS) is 10.6. The highest BCUT2D eigenvalue weighted by Crippen LogP contribution is 2.25. The van der Waals surface area contributed by atoms with Gasteiger partial charge in [-0.3, -0.25) is 9.59 Å². The second-order valence-corrected chi connectivity index (χ2v) is 6.45. The Morgan fingerprint density at radius 3 is 2.68 bits per heavy atom. The molecule has 1 heterocycles. The molecule has 0 radical (unpaired) electrons. The third-order valence-electron chi connectivity index (χ3n) is 3.32. The number of anilines is 1. The second-order valence-electron chi connectivity index (χ2n) is 5.09. The van der Waals surface area contributed by atoms with E-state index in [1.807, 2.05) is 0 Å². The maximum absolute atomic E-state index is 12.0. The van der Waals surface area contributed by atoms with E-state index in [1.54, 1.807) is 49.5 Å². The highest BCUT2D eigenvalue weighted by molar-refractivity contribution is 7.99. The van der Waals surface area contributed by atoms with E-state index in [4.69, 9.17) is 16.0 Å². The Hall–Kier alpha value is -2.51. The molecule has 0 spiro atoms. The van der Waals surface area contributed by atoms with Gasteiger partial charge in [0, 0.05) is 29.4 Å². The molecule has 0 aliphatic carbocycles. The molecular weight excluding hydrogens is 362 g/mol. The quantitative estimate of drug-likeness (QED) is 0.666. The van der Waals surface area contributed by atoms with E-state index in [-0.39, 0.29) is 17.6 Å². The van der Waals surface area contributed by atoms with E-state index in [1.165, 1.54) is 11.8 Å². The molecule has 3 aromatic rings. The van der Waals surface area contributed by atoms with Gasteiger partial charge in [-0.05, 0) is 36.4 Å². The molecule has 0 fully saturated rings. The standard InChI is InChI=1S/C17H14ClN3O3S/c1-19-16(23)10-2-5-12(6-3-10)20-15(22)9-25-17-21-13-7-4-11(18)8-14(13)24-17/h2-8H,9H2,1H3,(H,19,23)(H,20,22). The molecule has 0 saturated heterocycles. The lowest BCUT2D eigenvalue weighted by atomic mass is 10.2. The van der Waals surface area contributed by atoms with Crippen molar-refractivity contribution in [1.82, 2.24) is 10.3 Å². The molecular formula is C17H14ClN3O3S. The maximum atomic E-state index is 12.0. The minimum atomic E-state index is -0.196. The number of carbonyl (C=O) groups excluding carboxylic acids is 2. The number of halogens is 1. The number of hydrogen-bond acceptors (Lipinski definition) is 5. The van der Waals surface area contributed by atoms with Crippen molar-refractivity contribution < 1.29 is 14.0 Å². The topological polar surface area (TPSA) is 84.2 Å². The Labute approximate surface area is 152 Å². The van der Waals surface area contributed by atoms with Crippen molar-refractivity contribution in [3.63, 3.8) is 0 Å². The van der Waals surface area contributed by atoms with Gasteiger partial charge < -0.3 is 15.1 Å². The Morgan fingerprint density at radius 2 is 1.96 bits per heavy atom. The summed E-state index contributed by atoms with van der Waals surface area (Å²) in [7, 11) is 1.56. The van der Waals surface area contributed by atoms with E-state index in [0.717, 1.165) is 0 Å². The summed E-state index contributed by atoms with van der Waals surface area (Å²) in [5.74, 6) is -0.222. The van der Waals surface area contributed by atoms with Crippen LogP contribution in [0.5, 0.6) is 0 Å². The van der Waals surface area contributed by atoms with Gasteiger partial charge in [-0.2, -0.15) is 0 Å². The number of amides is 2. The first-order valence-corrected chi connectivity index (χ1v) is 8.72. The van der Waals surface area contributed by atoms with Crippen LogP contribution in [0, 0.1) is 0 Å². The van der Waals surface area contributed by atoms with Crippen LogP contribution < -0.4 is 10.6 Å². The third-order valence-corrected chi connectivity index (χ3v) is 4.38. The molecule has 2 amide bonds. The second kappa shape index (κ2) is 7.58. The molecule has 128 valence electrons. The van der Waals surface area contributed by atoms with Crippen LogP contribution in [0.15, 0.2) is 52.1 Å². The van der Waals surface area contributed by atoms with Crippen molar-refractivity contribution in [1.29, 1.82) is 0 Å². The van der Waals surface area contributed by atoms with Gasteiger partial charge in [-0.1, -0.05) is 23.4 Å². The fourth-order valence-corrected chi connectivity index (χ4v) is 2.91. The summed E-state index contributed by atoms with van der Waals surface area (Å²) in [6.07, 6.45) is 0. The fourth-order valence-electron chi connectivity index (χ4n) is 2.11. The van der Waals surface area contributed by atoms with Crippen LogP contribution in [-0.4, -0.2) is 29.6 Å². The largest absolute Gasteiger partial charge is 0.431 e. The SMILES string of the molecule is CNC(=O)c1ccc(NC(=O)CSc2nc3ccc(Cl)cc3o2)cc1. The van der Waals surface area contributed by atoms with E-state index in [9.17, 15) is 9.59 Å². The number of aromatic nitrogens is 1. The molecule has 8 heteroatoms. The lowest BCUT2D eigenvalue weighted by Gasteiger charge is -2.05. The van der Waals surface area contributed by atoms with Crippen molar-refractivity contribution in [2.24, 2.45) is 0 Å². The Morgan fingerprint density at radius 1 is 1.20 bits per heavy atom. The first kappa shape index (κ1) is 17.3. The number of carbonyl (C=O) groups is 2. The smallest absolute Gasteiger partial charge is 0.257 e. The van der Waals surface area contributed by atoms with Gasteiger partial charge in [0.1, 0.15) is 5.52 Å². The molecule has 2 N–H and O–H groups in total. The minimum Gasteiger partial charge on any atom is -0.431 e. The molecule has 3 rings (SSSR count). The number of nitrogens with zero attached hydrogens (tertiary/aromatic N) is 1. The van der Waals surface area contributed by atoms with E-state index in [2.05, 4.69) is 15.6 Å². The van der Waals surface area contributed by atoms with E-state index < -0.39 is 0 Å². The first-order valence-electron chi connectivity index (χ1n) is 7.36. The van der Waals surface area contributed by atoms with Gasteiger partial charge in [-0.25, -0.2) is 4.98 Å². The Bertz CT molecular complexity index is 925. The van der Waals surface area contributed by atoms with Crippen molar-refractivity contribution in [2.75, 3.05) is 18.1 Å². The van der Waals surface area contributed by atoms with Crippen molar-refractivity contribution >= 4 is 52.0 Å². The lowest BCUT2D eigenvalue weighted by Crippen LogP contribution is -2.18. The van der Waals surface area contributed by atoms with Gasteiger partial charge in [0.05, 0.1) is 5.75 Å². The molecule has 2 aromatic carbocycles. The Kier molecular flexibility index (Phi) is 5.25. The first-order chi connectivity index (χ1) is 12.0. The van der Waals surface area contributed by atoms with Gasteiger partial charge >= 0.3 is 0 Å². The monoisotopic (exact) mass is 375 g/mol. The number of fused-ring (bicyclic) bond motifs is 1. The number of hydrogen-bond donors (Lipinski definition) is 2. The summed E-state index contributed by atoms with van der Waals surface area (Å²) in [5, 5.41) is 6.27. The van der Waals surface area contributed by atoms with E-state index >= 15 is 0 Å². The zero-order valence-electron chi connectivity index (χ0n) is 13.2. The number of rotatable bonds is 5. The maximum Gasteiger partial charge on any atom is 0.257 e. The van der Waals surface area contributed by atoms with Gasteiger partial charge in [0.15, 0.2) is 5.58 Å². The zero-order valence-corrected chi connectivity index (χ0v) is 14.8. The summed E-state index contributed by atoms with van der Waals surface area (Å²) in [6, 6.07) is 11.8. The van der Waals surface area contributed by atoms with Crippen molar-refractivity contribution in [3.8, 4) is 0 Å². The lowest BCUT2D eigenvalue weighted by molar-refractivity contribution is -0.113. The predicted molar refractivity (Wildman–Crippen MR) is 98.2 cm³/mol. The summed E-state index contributed by atoms with van der Waals surface area (Å²) < 4.78 is 5.55. The van der Waals surface area contributed by atoms with Gasteiger partial charge in [0.2, 0.25) is 5.91 Å². The minimum absolute atomic E-state index is 0.151. The highest BCUT2D eigenvalue weighted by Gasteiger charge is 2.10. The van der Waals surface area contributed by atoms with Crippen LogP contribution in [0.1, 0.15) is 10.4 Å². The van der Waals surface area contributed by atoms with Gasteiger partial charge in [-0.15, -0.1) is 0 Å². The number of nitrogens with one attached hydrogen (secondary N) is 2. The van der Waals surface area contributed by atoms with Crippen LogP contribution in [0.3, 0.4) is 0 Å². The Balaban J connectivity index is 1.57. The zero-order chi connectivity index (χ0) is 17.8. The van der Waals surface area contributed by atoms with Crippen LogP contribution in [0.25, 0.3) is 11.1 Å². The number of benzene rings is 2. The van der Waals surface area contributed by atoms with Crippen LogP contribution >= 0.6 is 23.4 Å². The van der Waals surface area contributed by atoms with Crippen molar-refractivity contribution in [3.05, 3.63) is 53.1 Å². The molecule has 25 heavy (non-hydrogen) atoms. The summed E-state index contributed by atoms with van der Waals surface area (Å²) in [6.45, 7) is 0. The highest BCUT2D eigenvalue weighted by atomic mass is 35.5. The molecule has 6 nitrogen and oxygen atoms in total. The molecule has 0 bridgehead atoms. The molecule has 0 aliphatic heterocycles. The van der Waals surface area contributed by atoms with Crippen molar-refractivity contribution in [2.45, 2.75) is 5.22 Å². The molecule has 0 aliphatic rings. The van der Waals surface area contributed by atoms with E-state index in [0.29, 0.717) is 32.6 Å².